The van der Waals surface area contributed by atoms with E-state index in [0.717, 1.165) is 0 Å². The summed E-state index contributed by atoms with van der Waals surface area (Å²) in [4.78, 5) is 10.8. The number of nitrogens with two attached hydrogens (primary N) is 2. The first kappa shape index (κ1) is 10.3. The number of primary amides is 1. The van der Waals surface area contributed by atoms with Crippen molar-refractivity contribution in [3.8, 4) is 11.5 Å². The van der Waals surface area contributed by atoms with Crippen LogP contribution in [0.3, 0.4) is 0 Å². The van der Waals surface area contributed by atoms with Crippen LogP contribution in [0.4, 0.5) is 0 Å². The molecule has 0 aliphatic rings. The van der Waals surface area contributed by atoms with Crippen LogP contribution in [0.5, 0.6) is 11.5 Å². The van der Waals surface area contributed by atoms with Crippen LogP contribution < -0.4 is 16.2 Å². The van der Waals surface area contributed by atoms with Gasteiger partial charge in [-0.2, -0.15) is 0 Å². The summed E-state index contributed by atoms with van der Waals surface area (Å²) in [5, 5.41) is 9.27. The van der Waals surface area contributed by atoms with Gasteiger partial charge in [0.25, 0.3) is 0 Å². The molecule has 0 fully saturated rings. The highest BCUT2D eigenvalue weighted by atomic mass is 16.5. The number of ether oxygens (including phenoxy) is 1. The first-order valence-corrected chi connectivity index (χ1v) is 3.98. The van der Waals surface area contributed by atoms with Gasteiger partial charge in [-0.05, 0) is 17.7 Å². The summed E-state index contributed by atoms with van der Waals surface area (Å²) in [5.74, 6) is -0.370. The monoisotopic (exact) mass is 196 g/mol. The highest BCUT2D eigenvalue weighted by Gasteiger charge is 2.13. The van der Waals surface area contributed by atoms with Crippen LogP contribution in [0.2, 0.25) is 0 Å². The molecule has 1 atom stereocenters. The van der Waals surface area contributed by atoms with Gasteiger partial charge in [-0.3, -0.25) is 4.79 Å². The maximum atomic E-state index is 10.8. The number of phenolic OH excluding ortho intramolecular Hbond substituents is 1. The van der Waals surface area contributed by atoms with E-state index in [-0.39, 0.29) is 11.5 Å². The molecule has 0 saturated carbocycles. The van der Waals surface area contributed by atoms with E-state index in [1.165, 1.54) is 25.3 Å². The Balaban J connectivity index is 3.06. The van der Waals surface area contributed by atoms with Gasteiger partial charge in [0.05, 0.1) is 7.11 Å². The lowest BCUT2D eigenvalue weighted by Gasteiger charge is -2.10. The van der Waals surface area contributed by atoms with Gasteiger partial charge < -0.3 is 21.3 Å². The van der Waals surface area contributed by atoms with Gasteiger partial charge in [0.1, 0.15) is 6.04 Å². The molecule has 0 aromatic heterocycles. The third-order valence-electron chi connectivity index (χ3n) is 1.87. The largest absolute Gasteiger partial charge is 0.504 e. The van der Waals surface area contributed by atoms with Crippen LogP contribution in [-0.2, 0) is 4.79 Å². The molecule has 0 spiro atoms. The van der Waals surface area contributed by atoms with E-state index in [1.54, 1.807) is 0 Å². The quantitative estimate of drug-likeness (QED) is 0.627. The van der Waals surface area contributed by atoms with Gasteiger partial charge in [-0.25, -0.2) is 0 Å². The fourth-order valence-electron chi connectivity index (χ4n) is 1.05. The highest BCUT2D eigenvalue weighted by Crippen LogP contribution is 2.28. The van der Waals surface area contributed by atoms with Crippen LogP contribution in [-0.4, -0.2) is 18.1 Å². The Bertz CT molecular complexity index is 352. The number of phenols is 1. The third-order valence-corrected chi connectivity index (χ3v) is 1.87. The molecule has 5 heteroatoms. The van der Waals surface area contributed by atoms with Crippen LogP contribution in [0.25, 0.3) is 0 Å². The van der Waals surface area contributed by atoms with Crippen molar-refractivity contribution < 1.29 is 14.6 Å². The molecule has 5 N–H and O–H groups in total. The van der Waals surface area contributed by atoms with Crippen LogP contribution in [0.15, 0.2) is 18.2 Å². The van der Waals surface area contributed by atoms with Crippen molar-refractivity contribution in [1.82, 2.24) is 0 Å². The lowest BCUT2D eigenvalue weighted by Crippen LogP contribution is -2.28. The summed E-state index contributed by atoms with van der Waals surface area (Å²) < 4.78 is 4.86. The van der Waals surface area contributed by atoms with Crippen molar-refractivity contribution >= 4 is 5.91 Å². The van der Waals surface area contributed by atoms with Crippen molar-refractivity contribution in [3.63, 3.8) is 0 Å². The Kier molecular flexibility index (Phi) is 2.93. The van der Waals surface area contributed by atoms with E-state index >= 15 is 0 Å². The van der Waals surface area contributed by atoms with Crippen LogP contribution in [0, 0.1) is 0 Å². The molecule has 0 radical (unpaired) electrons. The fraction of sp³-hybridized carbons (Fsp3) is 0.222. The summed E-state index contributed by atoms with van der Waals surface area (Å²) in [7, 11) is 1.41. The minimum Gasteiger partial charge on any atom is -0.504 e. The Labute approximate surface area is 81.3 Å². The lowest BCUT2D eigenvalue weighted by atomic mass is 10.1. The number of rotatable bonds is 3. The van der Waals surface area contributed by atoms with Gasteiger partial charge in [0.2, 0.25) is 5.91 Å². The van der Waals surface area contributed by atoms with Crippen molar-refractivity contribution in [3.05, 3.63) is 23.8 Å². The summed E-state index contributed by atoms with van der Waals surface area (Å²) in [5.41, 5.74) is 11.0. The highest BCUT2D eigenvalue weighted by molar-refractivity contribution is 5.81. The molecule has 0 aliphatic carbocycles. The number of amides is 1. The summed E-state index contributed by atoms with van der Waals surface area (Å²) in [6.07, 6.45) is 0. The smallest absolute Gasteiger partial charge is 0.238 e. The van der Waals surface area contributed by atoms with E-state index in [4.69, 9.17) is 16.2 Å². The number of hydrogen-bond donors (Lipinski definition) is 3. The second kappa shape index (κ2) is 3.97. The van der Waals surface area contributed by atoms with Gasteiger partial charge >= 0.3 is 0 Å². The minimum atomic E-state index is -0.885. The van der Waals surface area contributed by atoms with Crippen LogP contribution in [0.1, 0.15) is 11.6 Å². The molecule has 0 bridgehead atoms. The van der Waals surface area contributed by atoms with E-state index in [9.17, 15) is 9.90 Å². The lowest BCUT2D eigenvalue weighted by molar-refractivity contribution is -0.119. The SMILES string of the molecule is COc1cc(C(N)C(N)=O)ccc1O. The molecule has 1 aromatic carbocycles. The Morgan fingerprint density at radius 2 is 2.21 bits per heavy atom. The van der Waals surface area contributed by atoms with Crippen molar-refractivity contribution in [2.75, 3.05) is 7.11 Å². The van der Waals surface area contributed by atoms with E-state index in [2.05, 4.69) is 0 Å². The van der Waals surface area contributed by atoms with Crippen LogP contribution >= 0.6 is 0 Å². The Morgan fingerprint density at radius 3 is 2.71 bits per heavy atom. The fourth-order valence-corrected chi connectivity index (χ4v) is 1.05. The van der Waals surface area contributed by atoms with Crippen molar-refractivity contribution in [2.45, 2.75) is 6.04 Å². The molecule has 5 nitrogen and oxygen atoms in total. The molecule has 76 valence electrons. The topological polar surface area (TPSA) is 98.6 Å². The molecule has 14 heavy (non-hydrogen) atoms. The average molecular weight is 196 g/mol. The minimum absolute atomic E-state index is 0.00656. The van der Waals surface area contributed by atoms with Gasteiger partial charge in [0.15, 0.2) is 11.5 Å². The van der Waals surface area contributed by atoms with E-state index < -0.39 is 11.9 Å². The first-order valence-electron chi connectivity index (χ1n) is 3.98. The predicted octanol–water partition coefficient (Wildman–Crippen LogP) is -0.114. The first-order chi connectivity index (χ1) is 6.56. The maximum Gasteiger partial charge on any atom is 0.238 e. The molecule has 1 amide bonds. The normalized spacial score (nSPS) is 12.1. The van der Waals surface area contributed by atoms with Gasteiger partial charge in [0, 0.05) is 0 Å². The standard InChI is InChI=1S/C9H12N2O3/c1-14-7-4-5(2-3-6(7)12)8(10)9(11)13/h2-4,8,12H,10H2,1H3,(H2,11,13). The maximum absolute atomic E-state index is 10.8. The summed E-state index contributed by atoms with van der Waals surface area (Å²) in [6.45, 7) is 0. The molecular weight excluding hydrogens is 184 g/mol. The summed E-state index contributed by atoms with van der Waals surface area (Å²) >= 11 is 0. The Morgan fingerprint density at radius 1 is 1.57 bits per heavy atom. The molecule has 0 aliphatic heterocycles. The third kappa shape index (κ3) is 1.94. The Hall–Kier alpha value is -1.75. The molecule has 1 rings (SSSR count). The number of carbonyl (C=O) groups is 1. The number of carbonyl (C=O) groups excluding carboxylic acids is 1. The zero-order valence-corrected chi connectivity index (χ0v) is 7.73. The molecule has 0 saturated heterocycles. The van der Waals surface area contributed by atoms with Gasteiger partial charge in [-0.15, -0.1) is 0 Å². The molecule has 1 aromatic rings. The number of benzene rings is 1. The van der Waals surface area contributed by atoms with E-state index in [0.29, 0.717) is 5.56 Å². The summed E-state index contributed by atoms with van der Waals surface area (Å²) in [6, 6.07) is 3.51. The number of methoxy groups -OCH3 is 1. The second-order valence-corrected chi connectivity index (χ2v) is 2.81. The van der Waals surface area contributed by atoms with Gasteiger partial charge in [-0.1, -0.05) is 6.07 Å². The zero-order chi connectivity index (χ0) is 10.7. The molecule has 1 unspecified atom stereocenters. The average Bonchev–Trinajstić information content (AvgIpc) is 2.17. The predicted molar refractivity (Wildman–Crippen MR) is 50.8 cm³/mol. The van der Waals surface area contributed by atoms with E-state index in [1.807, 2.05) is 0 Å². The van der Waals surface area contributed by atoms with Crippen molar-refractivity contribution in [1.29, 1.82) is 0 Å². The number of hydrogen-bond acceptors (Lipinski definition) is 4. The molecule has 0 heterocycles. The zero-order valence-electron chi connectivity index (χ0n) is 7.73. The number of aromatic hydroxyl groups is 1. The van der Waals surface area contributed by atoms with Crippen molar-refractivity contribution in [2.24, 2.45) is 11.5 Å². The molecular formula is C9H12N2O3. The second-order valence-electron chi connectivity index (χ2n) is 2.81.